The number of carbonyl (C=O) groups excluding carboxylic acids is 2. The summed E-state index contributed by atoms with van der Waals surface area (Å²) in [6.07, 6.45) is 12.7. The molecule has 7 nitrogen and oxygen atoms in total. The summed E-state index contributed by atoms with van der Waals surface area (Å²) in [5.41, 5.74) is 3.86. The van der Waals surface area contributed by atoms with Crippen molar-refractivity contribution in [1.82, 2.24) is 20.5 Å². The number of nitrogens with one attached hydrogen (secondary N) is 2. The van der Waals surface area contributed by atoms with E-state index in [-0.39, 0.29) is 29.8 Å². The highest BCUT2D eigenvalue weighted by atomic mass is 16.3. The Morgan fingerprint density at radius 3 is 2.69 bits per heavy atom. The van der Waals surface area contributed by atoms with E-state index in [4.69, 9.17) is 4.42 Å². The normalized spacial score (nSPS) is 20.4. The largest absolute Gasteiger partial charge is 0.464 e. The van der Waals surface area contributed by atoms with Gasteiger partial charge in [0.15, 0.2) is 0 Å². The number of hydrogen-bond donors (Lipinski definition) is 2. The van der Waals surface area contributed by atoms with Crippen LogP contribution in [0.15, 0.2) is 53.4 Å². The fourth-order valence-corrected chi connectivity index (χ4v) is 5.80. The molecule has 1 aromatic carbocycles. The Balaban J connectivity index is 1.41. The molecule has 0 spiro atoms. The van der Waals surface area contributed by atoms with Crippen molar-refractivity contribution >= 4 is 22.8 Å². The van der Waals surface area contributed by atoms with Crippen molar-refractivity contribution in [2.24, 2.45) is 5.92 Å². The van der Waals surface area contributed by atoms with Gasteiger partial charge in [0.25, 0.3) is 0 Å². The minimum atomic E-state index is -0.483. The van der Waals surface area contributed by atoms with Gasteiger partial charge in [0, 0.05) is 35.5 Å². The van der Waals surface area contributed by atoms with Crippen LogP contribution in [0, 0.1) is 5.92 Å². The first-order chi connectivity index (χ1) is 17.6. The molecule has 36 heavy (non-hydrogen) atoms. The van der Waals surface area contributed by atoms with Gasteiger partial charge in [-0.05, 0) is 63.3 Å². The van der Waals surface area contributed by atoms with Crippen molar-refractivity contribution in [2.75, 3.05) is 13.6 Å². The summed E-state index contributed by atoms with van der Waals surface area (Å²) in [6, 6.07) is 9.24. The van der Waals surface area contributed by atoms with Gasteiger partial charge in [-0.3, -0.25) is 14.6 Å². The zero-order valence-electron chi connectivity index (χ0n) is 21.2. The summed E-state index contributed by atoms with van der Waals surface area (Å²) in [5.74, 6) is 0.107. The summed E-state index contributed by atoms with van der Waals surface area (Å²) in [6.45, 7) is 2.52. The van der Waals surface area contributed by atoms with Crippen molar-refractivity contribution in [3.05, 3.63) is 54.6 Å². The van der Waals surface area contributed by atoms with E-state index in [1.54, 1.807) is 13.3 Å². The molecular formula is C29H36N4O3. The lowest BCUT2D eigenvalue weighted by Crippen LogP contribution is -2.55. The van der Waals surface area contributed by atoms with Crippen LogP contribution < -0.4 is 10.6 Å². The first-order valence-electron chi connectivity index (χ1n) is 13.3. The molecule has 3 heterocycles. The summed E-state index contributed by atoms with van der Waals surface area (Å²) < 4.78 is 5.75. The van der Waals surface area contributed by atoms with Gasteiger partial charge in [0.05, 0.1) is 18.3 Å². The summed E-state index contributed by atoms with van der Waals surface area (Å²) in [4.78, 5) is 33.4. The molecule has 2 fully saturated rings. The van der Waals surface area contributed by atoms with E-state index in [9.17, 15) is 9.59 Å². The van der Waals surface area contributed by atoms with Crippen molar-refractivity contribution in [3.63, 3.8) is 0 Å². The molecule has 2 aromatic heterocycles. The van der Waals surface area contributed by atoms with E-state index in [1.807, 2.05) is 42.4 Å². The number of likely N-dealkylation sites (N-methyl/N-ethyl adjacent to an activating group) is 1. The number of pyridine rings is 1. The number of benzene rings is 1. The molecular weight excluding hydrogens is 452 g/mol. The van der Waals surface area contributed by atoms with Crippen LogP contribution in [0.3, 0.4) is 0 Å². The predicted molar refractivity (Wildman–Crippen MR) is 140 cm³/mol. The monoisotopic (exact) mass is 488 g/mol. The number of aromatic nitrogens is 1. The molecule has 0 radical (unpaired) electrons. The van der Waals surface area contributed by atoms with Gasteiger partial charge in [0.1, 0.15) is 11.6 Å². The molecule has 5 rings (SSSR count). The minimum absolute atomic E-state index is 0.0419. The standard InChI is InChI=1S/C29H36N4O3/c1-19(30-2)28(34)32-27(20-9-4-3-5-10-20)29(35)33-14-8-12-25(33)22-15-21(16-31-17-22)24-18-36-26-13-7-6-11-23(24)26/h6-7,11,13,15-20,25,27,30H,3-5,8-10,12,14H2,1-2H3,(H,32,34). The number of amides is 2. The molecule has 1 saturated heterocycles. The van der Waals surface area contributed by atoms with E-state index >= 15 is 0 Å². The molecule has 1 aliphatic heterocycles. The molecule has 7 heteroatoms. The second-order valence-corrected chi connectivity index (χ2v) is 10.2. The molecule has 1 saturated carbocycles. The molecule has 0 bridgehead atoms. The number of hydrogen-bond acceptors (Lipinski definition) is 5. The summed E-state index contributed by atoms with van der Waals surface area (Å²) in [7, 11) is 1.77. The first kappa shape index (κ1) is 24.5. The number of likely N-dealkylation sites (tertiary alicyclic amines) is 1. The molecule has 3 unspecified atom stereocenters. The SMILES string of the molecule is CNC(C)C(=O)NC(C(=O)N1CCCC1c1cncc(-c2coc3ccccc23)c1)C1CCCCC1. The topological polar surface area (TPSA) is 87.5 Å². The fourth-order valence-electron chi connectivity index (χ4n) is 5.80. The second kappa shape index (κ2) is 10.8. The zero-order valence-corrected chi connectivity index (χ0v) is 21.2. The Bertz CT molecular complexity index is 1220. The number of furan rings is 1. The van der Waals surface area contributed by atoms with E-state index in [0.717, 1.165) is 66.2 Å². The maximum Gasteiger partial charge on any atom is 0.245 e. The minimum Gasteiger partial charge on any atom is -0.464 e. The van der Waals surface area contributed by atoms with E-state index in [0.29, 0.717) is 6.54 Å². The Morgan fingerprint density at radius 1 is 1.08 bits per heavy atom. The Kier molecular flexibility index (Phi) is 7.37. The third kappa shape index (κ3) is 4.89. The average Bonchev–Trinajstić information content (AvgIpc) is 3.59. The highest BCUT2D eigenvalue weighted by Gasteiger charge is 2.39. The zero-order chi connectivity index (χ0) is 25.1. The third-order valence-electron chi connectivity index (χ3n) is 7.98. The highest BCUT2D eigenvalue weighted by Crippen LogP contribution is 2.37. The molecule has 3 atom stereocenters. The predicted octanol–water partition coefficient (Wildman–Crippen LogP) is 4.83. The number of nitrogens with zero attached hydrogens (tertiary/aromatic N) is 2. The van der Waals surface area contributed by atoms with Gasteiger partial charge in [0.2, 0.25) is 11.8 Å². The molecule has 1 aliphatic carbocycles. The van der Waals surface area contributed by atoms with Crippen LogP contribution in [0.1, 0.15) is 63.5 Å². The molecule has 190 valence electrons. The first-order valence-corrected chi connectivity index (χ1v) is 13.3. The van der Waals surface area contributed by atoms with Crippen LogP contribution in [-0.4, -0.2) is 47.4 Å². The van der Waals surface area contributed by atoms with Crippen LogP contribution in [0.25, 0.3) is 22.1 Å². The molecule has 2 amide bonds. The maximum absolute atomic E-state index is 14.0. The lowest BCUT2D eigenvalue weighted by atomic mass is 9.83. The highest BCUT2D eigenvalue weighted by molar-refractivity contribution is 5.94. The third-order valence-corrected chi connectivity index (χ3v) is 7.98. The molecule has 3 aromatic rings. The number of carbonyl (C=O) groups is 2. The number of rotatable bonds is 7. The molecule has 2 aliphatic rings. The second-order valence-electron chi connectivity index (χ2n) is 10.2. The Morgan fingerprint density at radius 2 is 1.89 bits per heavy atom. The average molecular weight is 489 g/mol. The van der Waals surface area contributed by atoms with Crippen molar-refractivity contribution in [1.29, 1.82) is 0 Å². The fraction of sp³-hybridized carbons (Fsp3) is 0.483. The van der Waals surface area contributed by atoms with Crippen molar-refractivity contribution in [2.45, 2.75) is 70.0 Å². The van der Waals surface area contributed by atoms with Crippen molar-refractivity contribution in [3.8, 4) is 11.1 Å². The smallest absolute Gasteiger partial charge is 0.245 e. The lowest BCUT2D eigenvalue weighted by molar-refractivity contribution is -0.139. The van der Waals surface area contributed by atoms with E-state index in [1.165, 1.54) is 6.42 Å². The van der Waals surface area contributed by atoms with Crippen LogP contribution in [0.2, 0.25) is 0 Å². The van der Waals surface area contributed by atoms with E-state index in [2.05, 4.69) is 27.8 Å². The number of para-hydroxylation sites is 1. The summed E-state index contributed by atoms with van der Waals surface area (Å²) in [5, 5.41) is 7.17. The van der Waals surface area contributed by atoms with Crippen molar-refractivity contribution < 1.29 is 14.0 Å². The van der Waals surface area contributed by atoms with Gasteiger partial charge in [-0.1, -0.05) is 37.5 Å². The van der Waals surface area contributed by atoms with Crippen LogP contribution in [0.4, 0.5) is 0 Å². The Labute approximate surface area is 212 Å². The van der Waals surface area contributed by atoms with Crippen LogP contribution in [-0.2, 0) is 9.59 Å². The van der Waals surface area contributed by atoms with Gasteiger partial charge in [-0.25, -0.2) is 0 Å². The molecule has 2 N–H and O–H groups in total. The van der Waals surface area contributed by atoms with Gasteiger partial charge in [-0.2, -0.15) is 0 Å². The number of fused-ring (bicyclic) bond motifs is 1. The van der Waals surface area contributed by atoms with Gasteiger partial charge in [-0.15, -0.1) is 0 Å². The lowest BCUT2D eigenvalue weighted by Gasteiger charge is -2.35. The maximum atomic E-state index is 14.0. The van der Waals surface area contributed by atoms with Gasteiger partial charge < -0.3 is 20.0 Å². The van der Waals surface area contributed by atoms with Gasteiger partial charge >= 0.3 is 0 Å². The van der Waals surface area contributed by atoms with Crippen LogP contribution in [0.5, 0.6) is 0 Å². The van der Waals surface area contributed by atoms with E-state index < -0.39 is 6.04 Å². The van der Waals surface area contributed by atoms with Crippen LogP contribution >= 0.6 is 0 Å². The quantitative estimate of drug-likeness (QED) is 0.497. The Hall–Kier alpha value is -3.19. The summed E-state index contributed by atoms with van der Waals surface area (Å²) >= 11 is 0.